The van der Waals surface area contributed by atoms with Gasteiger partial charge in [-0.1, -0.05) is 12.5 Å². The first-order valence-corrected chi connectivity index (χ1v) is 7.56. The molecule has 1 aliphatic carbocycles. The molecular weight excluding hydrogens is 250 g/mol. The molecule has 1 aliphatic heterocycles. The predicted molar refractivity (Wildman–Crippen MR) is 78.1 cm³/mol. The molecule has 0 radical (unpaired) electrons. The Balaban J connectivity index is 1.65. The molecule has 0 bridgehead atoms. The van der Waals surface area contributed by atoms with Crippen molar-refractivity contribution in [3.8, 4) is 0 Å². The Morgan fingerprint density at radius 1 is 1.45 bits per heavy atom. The Morgan fingerprint density at radius 3 is 3.10 bits per heavy atom. The molecule has 2 aliphatic rings. The van der Waals surface area contributed by atoms with Crippen molar-refractivity contribution in [2.24, 2.45) is 11.8 Å². The van der Waals surface area contributed by atoms with Gasteiger partial charge < -0.3 is 10.2 Å². The summed E-state index contributed by atoms with van der Waals surface area (Å²) in [5, 5.41) is 3.42. The number of carbonyl (C=O) groups is 1. The van der Waals surface area contributed by atoms with E-state index < -0.39 is 0 Å². The molecule has 1 saturated heterocycles. The number of pyridine rings is 1. The Hall–Kier alpha value is -1.42. The molecule has 1 aromatic heterocycles. The van der Waals surface area contributed by atoms with Crippen LogP contribution in [0.1, 0.15) is 30.7 Å². The number of likely N-dealkylation sites (N-methyl/N-ethyl adjacent to an activating group) is 1. The Bertz CT molecular complexity index is 502. The first kappa shape index (κ1) is 13.6. The third-order valence-corrected chi connectivity index (χ3v) is 4.73. The summed E-state index contributed by atoms with van der Waals surface area (Å²) in [6.07, 6.45) is 3.76. The summed E-state index contributed by atoms with van der Waals surface area (Å²) in [6, 6.07) is 5.98. The maximum atomic E-state index is 12.6. The number of fused-ring (bicyclic) bond motifs is 1. The average molecular weight is 273 g/mol. The SMILES string of the molecule is Cc1cccc(CN(C)C(=O)C2NCC3CCCC32)n1. The molecule has 20 heavy (non-hydrogen) atoms. The van der Waals surface area contributed by atoms with E-state index >= 15 is 0 Å². The molecule has 2 fully saturated rings. The van der Waals surface area contributed by atoms with E-state index in [1.807, 2.05) is 37.1 Å². The van der Waals surface area contributed by atoms with Crippen molar-refractivity contribution in [2.75, 3.05) is 13.6 Å². The highest BCUT2D eigenvalue weighted by Crippen LogP contribution is 2.38. The molecular formula is C16H23N3O. The van der Waals surface area contributed by atoms with E-state index in [4.69, 9.17) is 0 Å². The number of rotatable bonds is 3. The maximum absolute atomic E-state index is 12.6. The van der Waals surface area contributed by atoms with Gasteiger partial charge in [0, 0.05) is 12.7 Å². The largest absolute Gasteiger partial charge is 0.338 e. The molecule has 3 unspecified atom stereocenters. The summed E-state index contributed by atoms with van der Waals surface area (Å²) in [7, 11) is 1.89. The summed E-state index contributed by atoms with van der Waals surface area (Å²) in [6.45, 7) is 3.58. The van der Waals surface area contributed by atoms with Crippen molar-refractivity contribution in [2.45, 2.75) is 38.8 Å². The molecule has 4 heteroatoms. The van der Waals surface area contributed by atoms with Crippen LogP contribution in [0.5, 0.6) is 0 Å². The van der Waals surface area contributed by atoms with Crippen molar-refractivity contribution in [3.63, 3.8) is 0 Å². The molecule has 3 atom stereocenters. The lowest BCUT2D eigenvalue weighted by atomic mass is 9.93. The second-order valence-corrected chi connectivity index (χ2v) is 6.21. The van der Waals surface area contributed by atoms with Gasteiger partial charge in [-0.3, -0.25) is 9.78 Å². The molecule has 0 aromatic carbocycles. The van der Waals surface area contributed by atoms with Gasteiger partial charge in [0.05, 0.1) is 18.3 Å². The molecule has 1 saturated carbocycles. The molecule has 3 rings (SSSR count). The van der Waals surface area contributed by atoms with Crippen LogP contribution in [0.4, 0.5) is 0 Å². The van der Waals surface area contributed by atoms with Gasteiger partial charge >= 0.3 is 0 Å². The number of amides is 1. The van der Waals surface area contributed by atoms with Crippen LogP contribution in [0.3, 0.4) is 0 Å². The van der Waals surface area contributed by atoms with Crippen molar-refractivity contribution in [1.82, 2.24) is 15.2 Å². The van der Waals surface area contributed by atoms with Crippen LogP contribution < -0.4 is 5.32 Å². The van der Waals surface area contributed by atoms with Gasteiger partial charge in [0.2, 0.25) is 5.91 Å². The van der Waals surface area contributed by atoms with Crippen molar-refractivity contribution in [3.05, 3.63) is 29.6 Å². The van der Waals surface area contributed by atoms with E-state index in [2.05, 4.69) is 10.3 Å². The van der Waals surface area contributed by atoms with Gasteiger partial charge in [-0.2, -0.15) is 0 Å². The Labute approximate surface area is 120 Å². The van der Waals surface area contributed by atoms with Crippen molar-refractivity contribution < 1.29 is 4.79 Å². The highest BCUT2D eigenvalue weighted by molar-refractivity contribution is 5.82. The molecule has 1 aromatic rings. The monoisotopic (exact) mass is 273 g/mol. The van der Waals surface area contributed by atoms with Crippen LogP contribution in [-0.2, 0) is 11.3 Å². The zero-order chi connectivity index (χ0) is 14.1. The minimum absolute atomic E-state index is 0.0253. The predicted octanol–water partition coefficient (Wildman–Crippen LogP) is 1.74. The number of aromatic nitrogens is 1. The number of nitrogens with zero attached hydrogens (tertiary/aromatic N) is 2. The lowest BCUT2D eigenvalue weighted by Gasteiger charge is -2.24. The van der Waals surface area contributed by atoms with Gasteiger partial charge in [-0.15, -0.1) is 0 Å². The van der Waals surface area contributed by atoms with Crippen LogP contribution in [0.25, 0.3) is 0 Å². The van der Waals surface area contributed by atoms with Crippen LogP contribution in [0.2, 0.25) is 0 Å². The number of hydrogen-bond donors (Lipinski definition) is 1. The van der Waals surface area contributed by atoms with E-state index in [9.17, 15) is 4.79 Å². The summed E-state index contributed by atoms with van der Waals surface area (Å²) >= 11 is 0. The van der Waals surface area contributed by atoms with Crippen LogP contribution in [0.15, 0.2) is 18.2 Å². The number of hydrogen-bond acceptors (Lipinski definition) is 3. The normalized spacial score (nSPS) is 28.4. The number of nitrogens with one attached hydrogen (secondary N) is 1. The summed E-state index contributed by atoms with van der Waals surface area (Å²) in [4.78, 5) is 18.9. The fraction of sp³-hybridized carbons (Fsp3) is 0.625. The zero-order valence-electron chi connectivity index (χ0n) is 12.3. The fourth-order valence-electron chi connectivity index (χ4n) is 3.70. The number of carbonyl (C=O) groups excluding carboxylic acids is 1. The molecule has 4 nitrogen and oxygen atoms in total. The minimum Gasteiger partial charge on any atom is -0.338 e. The van der Waals surface area contributed by atoms with Crippen molar-refractivity contribution >= 4 is 5.91 Å². The van der Waals surface area contributed by atoms with Gasteiger partial charge in [-0.25, -0.2) is 0 Å². The minimum atomic E-state index is 0.0253. The highest BCUT2D eigenvalue weighted by Gasteiger charge is 2.43. The molecule has 108 valence electrons. The van der Waals surface area contributed by atoms with Gasteiger partial charge in [0.15, 0.2) is 0 Å². The third-order valence-electron chi connectivity index (χ3n) is 4.73. The lowest BCUT2D eigenvalue weighted by Crippen LogP contribution is -2.44. The van der Waals surface area contributed by atoms with Crippen molar-refractivity contribution in [1.29, 1.82) is 0 Å². The highest BCUT2D eigenvalue weighted by atomic mass is 16.2. The zero-order valence-corrected chi connectivity index (χ0v) is 12.3. The maximum Gasteiger partial charge on any atom is 0.240 e. The summed E-state index contributed by atoms with van der Waals surface area (Å²) in [5.41, 5.74) is 1.96. The summed E-state index contributed by atoms with van der Waals surface area (Å²) < 4.78 is 0. The second kappa shape index (κ2) is 5.52. The quantitative estimate of drug-likeness (QED) is 0.912. The standard InChI is InChI=1S/C16H23N3O/c1-11-5-3-7-13(18-11)10-19(2)16(20)15-14-8-4-6-12(14)9-17-15/h3,5,7,12,14-15,17H,4,6,8-10H2,1-2H3. The van der Waals surface area contributed by atoms with Gasteiger partial charge in [0.1, 0.15) is 0 Å². The van der Waals surface area contributed by atoms with Gasteiger partial charge in [0.25, 0.3) is 0 Å². The Kier molecular flexibility index (Phi) is 3.74. The third kappa shape index (κ3) is 2.57. The molecule has 1 amide bonds. The lowest BCUT2D eigenvalue weighted by molar-refractivity contribution is -0.133. The van der Waals surface area contributed by atoms with E-state index in [0.29, 0.717) is 12.5 Å². The topological polar surface area (TPSA) is 45.2 Å². The first-order valence-electron chi connectivity index (χ1n) is 7.56. The van der Waals surface area contributed by atoms with E-state index in [0.717, 1.165) is 23.9 Å². The number of aryl methyl sites for hydroxylation is 1. The van der Waals surface area contributed by atoms with Crippen LogP contribution in [-0.4, -0.2) is 35.4 Å². The molecule has 1 N–H and O–H groups in total. The van der Waals surface area contributed by atoms with Crippen LogP contribution in [0, 0.1) is 18.8 Å². The van der Waals surface area contributed by atoms with E-state index in [1.54, 1.807) is 0 Å². The summed E-state index contributed by atoms with van der Waals surface area (Å²) in [5.74, 6) is 1.49. The smallest absolute Gasteiger partial charge is 0.240 e. The van der Waals surface area contributed by atoms with E-state index in [-0.39, 0.29) is 11.9 Å². The van der Waals surface area contributed by atoms with E-state index in [1.165, 1.54) is 19.3 Å². The first-order chi connectivity index (χ1) is 9.65. The molecule has 2 heterocycles. The second-order valence-electron chi connectivity index (χ2n) is 6.21. The van der Waals surface area contributed by atoms with Gasteiger partial charge in [-0.05, 0) is 50.3 Å². The van der Waals surface area contributed by atoms with Crippen LogP contribution >= 0.6 is 0 Å². The fourth-order valence-corrected chi connectivity index (χ4v) is 3.70. The average Bonchev–Trinajstić information content (AvgIpc) is 3.00. The Morgan fingerprint density at radius 2 is 2.30 bits per heavy atom. The molecule has 0 spiro atoms.